The first-order chi connectivity index (χ1) is 10.1. The SMILES string of the molecule is C=CC(F)(F)C(F)(F)C(F)(F)C(F)(F)C(F)(F)C(F)(F)C(F)(F)F. The van der Waals surface area contributed by atoms with Crippen LogP contribution in [0.15, 0.2) is 12.7 Å². The van der Waals surface area contributed by atoms with Crippen LogP contribution in [0, 0.1) is 0 Å². The number of hydrogen-bond acceptors (Lipinski definition) is 0. The Balaban J connectivity index is 6.47. The van der Waals surface area contributed by atoms with Crippen LogP contribution in [0.3, 0.4) is 0 Å². The van der Waals surface area contributed by atoms with Crippen LogP contribution in [0.4, 0.5) is 65.9 Å². The molecule has 0 unspecified atom stereocenters. The lowest BCUT2D eigenvalue weighted by molar-refractivity contribution is -0.449. The van der Waals surface area contributed by atoms with Crippen molar-refractivity contribution >= 4 is 0 Å². The van der Waals surface area contributed by atoms with Crippen LogP contribution in [-0.2, 0) is 0 Å². The fourth-order valence-corrected chi connectivity index (χ4v) is 1.11. The average molecular weight is 396 g/mol. The van der Waals surface area contributed by atoms with Gasteiger partial charge in [0.15, 0.2) is 0 Å². The molecule has 0 aromatic carbocycles. The van der Waals surface area contributed by atoms with Crippen LogP contribution in [0.1, 0.15) is 0 Å². The van der Waals surface area contributed by atoms with E-state index in [1.54, 1.807) is 0 Å². The molecular formula is C9H3F15. The van der Waals surface area contributed by atoms with Gasteiger partial charge in [-0.15, -0.1) is 0 Å². The minimum atomic E-state index is -8.24. The predicted molar refractivity (Wildman–Crippen MR) is 45.9 cm³/mol. The molecule has 24 heavy (non-hydrogen) atoms. The Morgan fingerprint density at radius 3 is 0.917 bits per heavy atom. The van der Waals surface area contributed by atoms with E-state index in [1.165, 1.54) is 0 Å². The van der Waals surface area contributed by atoms with Crippen molar-refractivity contribution in [3.63, 3.8) is 0 Å². The van der Waals surface area contributed by atoms with Crippen LogP contribution in [0.2, 0.25) is 0 Å². The van der Waals surface area contributed by atoms with Gasteiger partial charge in [-0.2, -0.15) is 65.9 Å². The van der Waals surface area contributed by atoms with Gasteiger partial charge in [-0.1, -0.05) is 6.58 Å². The molecule has 0 amide bonds. The Bertz CT molecular complexity index is 482. The first kappa shape index (κ1) is 22.7. The molecule has 0 heterocycles. The van der Waals surface area contributed by atoms with Crippen LogP contribution in [0.5, 0.6) is 0 Å². The Labute approximate surface area is 121 Å². The molecule has 0 bridgehead atoms. The second-order valence-electron chi connectivity index (χ2n) is 4.20. The van der Waals surface area contributed by atoms with Crippen LogP contribution in [-0.4, -0.2) is 41.7 Å². The third-order valence-corrected chi connectivity index (χ3v) is 2.61. The zero-order valence-electron chi connectivity index (χ0n) is 10.5. The lowest BCUT2D eigenvalue weighted by atomic mass is 9.91. The normalized spacial score (nSPS) is 16.3. The predicted octanol–water partition coefficient (Wildman–Crippen LogP) is 5.55. The van der Waals surface area contributed by atoms with Gasteiger partial charge in [0, 0.05) is 0 Å². The minimum absolute atomic E-state index is 1.41. The van der Waals surface area contributed by atoms with E-state index in [2.05, 4.69) is 0 Å². The van der Waals surface area contributed by atoms with Crippen LogP contribution in [0.25, 0.3) is 0 Å². The molecule has 0 radical (unpaired) electrons. The van der Waals surface area contributed by atoms with Crippen molar-refractivity contribution < 1.29 is 65.9 Å². The second kappa shape index (κ2) is 5.34. The molecule has 0 nitrogen and oxygen atoms in total. The maximum Gasteiger partial charge on any atom is 0.460 e. The third-order valence-electron chi connectivity index (χ3n) is 2.61. The molecule has 0 saturated carbocycles. The quantitative estimate of drug-likeness (QED) is 0.408. The molecule has 0 spiro atoms. The zero-order valence-corrected chi connectivity index (χ0v) is 10.5. The highest BCUT2D eigenvalue weighted by molar-refractivity contribution is 5.15. The average Bonchev–Trinajstić information content (AvgIpc) is 2.36. The van der Waals surface area contributed by atoms with E-state index in [4.69, 9.17) is 0 Å². The molecule has 144 valence electrons. The van der Waals surface area contributed by atoms with Crippen molar-refractivity contribution in [1.29, 1.82) is 0 Å². The Morgan fingerprint density at radius 2 is 0.667 bits per heavy atom. The van der Waals surface area contributed by atoms with Crippen molar-refractivity contribution in [1.82, 2.24) is 0 Å². The largest absolute Gasteiger partial charge is 0.460 e. The molecule has 0 N–H and O–H groups in total. The molecule has 0 aromatic rings. The van der Waals surface area contributed by atoms with E-state index in [1.807, 2.05) is 6.58 Å². The van der Waals surface area contributed by atoms with Gasteiger partial charge < -0.3 is 0 Å². The summed E-state index contributed by atoms with van der Waals surface area (Å²) in [6, 6.07) is 0. The van der Waals surface area contributed by atoms with Crippen LogP contribution < -0.4 is 0 Å². The number of allylic oxidation sites excluding steroid dienone is 1. The van der Waals surface area contributed by atoms with Gasteiger partial charge in [0.1, 0.15) is 0 Å². The summed E-state index contributed by atoms with van der Waals surface area (Å²) in [7, 11) is 0. The second-order valence-corrected chi connectivity index (χ2v) is 4.20. The highest BCUT2D eigenvalue weighted by Gasteiger charge is 2.93. The van der Waals surface area contributed by atoms with Gasteiger partial charge in [0.25, 0.3) is 0 Å². The number of hydrogen-bond donors (Lipinski definition) is 0. The van der Waals surface area contributed by atoms with E-state index in [0.717, 1.165) is 0 Å². The van der Waals surface area contributed by atoms with Crippen molar-refractivity contribution in [2.24, 2.45) is 0 Å². The Morgan fingerprint density at radius 1 is 0.417 bits per heavy atom. The summed E-state index contributed by atoms with van der Waals surface area (Å²) in [5, 5.41) is 0. The number of halogens is 15. The number of rotatable bonds is 6. The summed E-state index contributed by atoms with van der Waals surface area (Å²) in [6.07, 6.45) is -9.00. The summed E-state index contributed by atoms with van der Waals surface area (Å²) in [5.74, 6) is -46.3. The van der Waals surface area contributed by atoms with Crippen LogP contribution >= 0.6 is 0 Å². The maximum absolute atomic E-state index is 12.9. The van der Waals surface area contributed by atoms with E-state index in [-0.39, 0.29) is 0 Å². The van der Waals surface area contributed by atoms with Crippen molar-refractivity contribution in [3.8, 4) is 0 Å². The molecule has 0 aliphatic carbocycles. The van der Waals surface area contributed by atoms with E-state index >= 15 is 0 Å². The standard InChI is InChI=1S/C9H3F15/c1-2-3(10,11)4(12,13)5(14,15)6(16,17)7(18,19)8(20,21)9(22,23)24/h2H,1H2. The molecule has 0 aliphatic rings. The van der Waals surface area contributed by atoms with Gasteiger partial charge in [-0.25, -0.2) is 0 Å². The summed E-state index contributed by atoms with van der Waals surface area (Å²) in [5.41, 5.74) is 0. The maximum atomic E-state index is 12.9. The number of alkyl halides is 15. The van der Waals surface area contributed by atoms with E-state index < -0.39 is 47.8 Å². The Kier molecular flexibility index (Phi) is 5.05. The Hall–Kier alpha value is -1.31. The smallest absolute Gasteiger partial charge is 0.195 e. The summed E-state index contributed by atoms with van der Waals surface area (Å²) in [4.78, 5) is 0. The minimum Gasteiger partial charge on any atom is -0.195 e. The summed E-state index contributed by atoms with van der Waals surface area (Å²) >= 11 is 0. The van der Waals surface area contributed by atoms with Gasteiger partial charge in [-0.05, 0) is 6.08 Å². The molecule has 15 heteroatoms. The topological polar surface area (TPSA) is 0 Å². The van der Waals surface area contributed by atoms with Gasteiger partial charge >= 0.3 is 41.7 Å². The van der Waals surface area contributed by atoms with Crippen molar-refractivity contribution in [3.05, 3.63) is 12.7 Å². The first-order valence-electron chi connectivity index (χ1n) is 5.03. The summed E-state index contributed by atoms with van der Waals surface area (Å²) in [6.45, 7) is 1.82. The highest BCUT2D eigenvalue weighted by Crippen LogP contribution is 2.62. The molecule has 0 aliphatic heterocycles. The van der Waals surface area contributed by atoms with Gasteiger partial charge in [-0.3, -0.25) is 0 Å². The zero-order chi connectivity index (χ0) is 20.2. The van der Waals surface area contributed by atoms with Crippen molar-refractivity contribution in [2.75, 3.05) is 0 Å². The van der Waals surface area contributed by atoms with Gasteiger partial charge in [0.05, 0.1) is 0 Å². The summed E-state index contributed by atoms with van der Waals surface area (Å²) < 4.78 is 187. The lowest BCUT2D eigenvalue weighted by Gasteiger charge is -2.40. The third kappa shape index (κ3) is 2.59. The van der Waals surface area contributed by atoms with Crippen molar-refractivity contribution in [2.45, 2.75) is 41.7 Å². The molecular weight excluding hydrogens is 393 g/mol. The fourth-order valence-electron chi connectivity index (χ4n) is 1.11. The molecule has 0 fully saturated rings. The van der Waals surface area contributed by atoms with E-state index in [9.17, 15) is 65.9 Å². The monoisotopic (exact) mass is 396 g/mol. The van der Waals surface area contributed by atoms with Gasteiger partial charge in [0.2, 0.25) is 0 Å². The molecule has 0 rings (SSSR count). The highest BCUT2D eigenvalue weighted by atomic mass is 19.4. The molecule has 0 aromatic heterocycles. The molecule has 0 atom stereocenters. The lowest BCUT2D eigenvalue weighted by Crippen LogP contribution is -2.72. The molecule has 0 saturated heterocycles. The first-order valence-corrected chi connectivity index (χ1v) is 5.03. The van der Waals surface area contributed by atoms with E-state index in [0.29, 0.717) is 0 Å². The fraction of sp³-hybridized carbons (Fsp3) is 0.778.